The summed E-state index contributed by atoms with van der Waals surface area (Å²) < 4.78 is 5.45. The predicted molar refractivity (Wildman–Crippen MR) is 146 cm³/mol. The Kier molecular flexibility index (Phi) is 7.85. The largest absolute Gasteiger partial charge is 0.497 e. The molecule has 1 aliphatic rings. The molecule has 0 saturated heterocycles. The van der Waals surface area contributed by atoms with Crippen molar-refractivity contribution in [2.75, 3.05) is 27.7 Å². The minimum atomic E-state index is -1.50. The van der Waals surface area contributed by atoms with Gasteiger partial charge in [0.25, 0.3) is 5.56 Å². The van der Waals surface area contributed by atoms with Gasteiger partial charge in [-0.1, -0.05) is 42.3 Å². The smallest absolute Gasteiger partial charge is 0.270 e. The number of fused-ring (bicyclic) bond motifs is 1. The summed E-state index contributed by atoms with van der Waals surface area (Å²) >= 11 is 12.5. The van der Waals surface area contributed by atoms with E-state index in [1.807, 2.05) is 31.1 Å². The molecule has 0 radical (unpaired) electrons. The number of halogens is 2. The van der Waals surface area contributed by atoms with Crippen molar-refractivity contribution < 1.29 is 14.6 Å². The number of carbonyl (C=O) groups excluding carboxylic acids is 1. The van der Waals surface area contributed by atoms with Gasteiger partial charge in [-0.2, -0.15) is 0 Å². The third-order valence-electron chi connectivity index (χ3n) is 7.25. The van der Waals surface area contributed by atoms with Crippen molar-refractivity contribution >= 4 is 40.1 Å². The minimum Gasteiger partial charge on any atom is -0.497 e. The molecule has 0 bridgehead atoms. The summed E-state index contributed by atoms with van der Waals surface area (Å²) in [6, 6.07) is 10.2. The summed E-state index contributed by atoms with van der Waals surface area (Å²) in [6.07, 6.45) is 1.46. The Morgan fingerprint density at radius 3 is 2.68 bits per heavy atom. The topological polar surface area (TPSA) is 108 Å². The van der Waals surface area contributed by atoms with Gasteiger partial charge < -0.3 is 25.0 Å². The molecule has 3 aromatic rings. The molecule has 2 aromatic carbocycles. The van der Waals surface area contributed by atoms with E-state index in [2.05, 4.69) is 10.3 Å². The second-order valence-corrected chi connectivity index (χ2v) is 10.8. The number of methoxy groups -OCH3 is 1. The number of aromatic nitrogens is 2. The number of hydrogen-bond acceptors (Lipinski definition) is 6. The summed E-state index contributed by atoms with van der Waals surface area (Å²) in [5.74, 6) is 0.505. The average molecular weight is 547 g/mol. The van der Waals surface area contributed by atoms with Crippen molar-refractivity contribution in [2.45, 2.75) is 49.7 Å². The Morgan fingerprint density at radius 1 is 1.27 bits per heavy atom. The number of nitrogens with one attached hydrogen (secondary N) is 2. The lowest BCUT2D eigenvalue weighted by atomic mass is 9.57. The Hall–Kier alpha value is -2.65. The number of likely N-dealkylation sites (N-methyl/N-ethyl adjacent to an activating group) is 1. The van der Waals surface area contributed by atoms with Crippen molar-refractivity contribution in [1.29, 1.82) is 0 Å². The molecule has 8 nitrogen and oxygen atoms in total. The van der Waals surface area contributed by atoms with E-state index in [0.29, 0.717) is 64.6 Å². The standard InChI is InChI=1S/C27H32Cl2N4O4/c1-5-23(34)30-17-9-10-27(36,16-7-6-8-18(11-16)37-4)26(14-17,15-33(2)3)24-25(35)32-22-13-20(29)19(28)12-21(22)31-24/h6-8,11-13,17,36H,5,9-10,14-15H2,1-4H3,(H,30,34)(H,32,35). The van der Waals surface area contributed by atoms with E-state index < -0.39 is 16.6 Å². The maximum atomic E-state index is 13.7. The van der Waals surface area contributed by atoms with Crippen LogP contribution in [0.2, 0.25) is 10.0 Å². The lowest BCUT2D eigenvalue weighted by molar-refractivity contribution is -0.125. The molecule has 4 rings (SSSR count). The van der Waals surface area contributed by atoms with Gasteiger partial charge in [-0.3, -0.25) is 9.59 Å². The summed E-state index contributed by atoms with van der Waals surface area (Å²) in [7, 11) is 5.33. The summed E-state index contributed by atoms with van der Waals surface area (Å²) in [5, 5.41) is 16.3. The first-order valence-electron chi connectivity index (χ1n) is 12.2. The van der Waals surface area contributed by atoms with Gasteiger partial charge in [0.05, 0.1) is 33.6 Å². The Balaban J connectivity index is 2.01. The summed E-state index contributed by atoms with van der Waals surface area (Å²) in [6.45, 7) is 2.09. The number of amides is 1. The van der Waals surface area contributed by atoms with Crippen LogP contribution >= 0.6 is 23.2 Å². The van der Waals surface area contributed by atoms with Crippen LogP contribution in [-0.2, 0) is 15.8 Å². The van der Waals surface area contributed by atoms with E-state index in [1.165, 1.54) is 0 Å². The third-order valence-corrected chi connectivity index (χ3v) is 7.97. The Bertz CT molecular complexity index is 1380. The van der Waals surface area contributed by atoms with Crippen molar-refractivity contribution in [3.8, 4) is 5.75 Å². The van der Waals surface area contributed by atoms with Gasteiger partial charge in [0.2, 0.25) is 5.91 Å². The van der Waals surface area contributed by atoms with Gasteiger partial charge in [-0.05, 0) is 63.2 Å². The van der Waals surface area contributed by atoms with Gasteiger partial charge in [0, 0.05) is 19.0 Å². The van der Waals surface area contributed by atoms with Crippen LogP contribution in [-0.4, -0.2) is 59.7 Å². The molecule has 3 atom stereocenters. The van der Waals surface area contributed by atoms with Crippen LogP contribution in [0.3, 0.4) is 0 Å². The number of aromatic amines is 1. The van der Waals surface area contributed by atoms with Crippen molar-refractivity contribution in [3.05, 3.63) is 68.1 Å². The molecular formula is C27H32Cl2N4O4. The highest BCUT2D eigenvalue weighted by Crippen LogP contribution is 2.52. The van der Waals surface area contributed by atoms with Gasteiger partial charge in [-0.25, -0.2) is 4.98 Å². The number of aliphatic hydroxyl groups is 1. The van der Waals surface area contributed by atoms with Crippen LogP contribution in [0, 0.1) is 0 Å². The molecule has 1 aromatic heterocycles. The van der Waals surface area contributed by atoms with Crippen molar-refractivity contribution in [2.24, 2.45) is 0 Å². The highest BCUT2D eigenvalue weighted by atomic mass is 35.5. The monoisotopic (exact) mass is 546 g/mol. The Labute approximate surface area is 225 Å². The fourth-order valence-electron chi connectivity index (χ4n) is 5.58. The fraction of sp³-hybridized carbons (Fsp3) is 0.444. The van der Waals surface area contributed by atoms with Gasteiger partial charge in [0.15, 0.2) is 0 Å². The zero-order chi connectivity index (χ0) is 27.0. The lowest BCUT2D eigenvalue weighted by Crippen LogP contribution is -2.63. The molecule has 198 valence electrons. The van der Waals surface area contributed by atoms with Gasteiger partial charge in [0.1, 0.15) is 17.0 Å². The predicted octanol–water partition coefficient (Wildman–Crippen LogP) is 4.00. The average Bonchev–Trinajstić information content (AvgIpc) is 2.86. The van der Waals surface area contributed by atoms with E-state index in [9.17, 15) is 14.7 Å². The molecule has 0 aliphatic heterocycles. The summed E-state index contributed by atoms with van der Waals surface area (Å²) in [5.41, 5.74) is -1.44. The number of benzene rings is 2. The molecule has 1 saturated carbocycles. The minimum absolute atomic E-state index is 0.0858. The van der Waals surface area contributed by atoms with Gasteiger partial charge >= 0.3 is 0 Å². The lowest BCUT2D eigenvalue weighted by Gasteiger charge is -2.53. The number of nitrogens with zero attached hydrogens (tertiary/aromatic N) is 2. The van der Waals surface area contributed by atoms with E-state index in [-0.39, 0.29) is 17.6 Å². The SMILES string of the molecule is CCC(=O)NC1CCC(O)(c2cccc(OC)c2)C(CN(C)C)(c2nc3cc(Cl)c(Cl)cc3[nH]c2=O)C1. The second kappa shape index (κ2) is 10.6. The van der Waals surface area contributed by atoms with Crippen LogP contribution in [0.1, 0.15) is 43.9 Å². The van der Waals surface area contributed by atoms with Crippen molar-refractivity contribution in [1.82, 2.24) is 20.2 Å². The first-order valence-corrected chi connectivity index (χ1v) is 13.0. The first kappa shape index (κ1) is 27.4. The van der Waals surface area contributed by atoms with E-state index >= 15 is 0 Å². The summed E-state index contributed by atoms with van der Waals surface area (Å²) in [4.78, 5) is 35.7. The highest BCUT2D eigenvalue weighted by Gasteiger charge is 2.58. The first-order chi connectivity index (χ1) is 17.5. The number of ether oxygens (including phenoxy) is 1. The number of H-pyrrole nitrogens is 1. The zero-order valence-corrected chi connectivity index (χ0v) is 22.9. The van der Waals surface area contributed by atoms with Crippen LogP contribution in [0.15, 0.2) is 41.2 Å². The number of rotatable bonds is 7. The number of hydrogen-bond donors (Lipinski definition) is 3. The van der Waals surface area contributed by atoms with E-state index in [0.717, 1.165) is 0 Å². The second-order valence-electron chi connectivity index (χ2n) is 9.97. The number of carbonyl (C=O) groups is 1. The normalized spacial score (nSPS) is 23.8. The Morgan fingerprint density at radius 2 is 2.00 bits per heavy atom. The van der Waals surface area contributed by atoms with Crippen LogP contribution in [0.5, 0.6) is 5.75 Å². The molecule has 10 heteroatoms. The molecular weight excluding hydrogens is 515 g/mol. The molecule has 1 amide bonds. The third kappa shape index (κ3) is 5.08. The zero-order valence-electron chi connectivity index (χ0n) is 21.4. The fourth-order valence-corrected chi connectivity index (χ4v) is 5.90. The highest BCUT2D eigenvalue weighted by molar-refractivity contribution is 6.42. The maximum Gasteiger partial charge on any atom is 0.270 e. The molecule has 3 N–H and O–H groups in total. The molecule has 3 unspecified atom stereocenters. The van der Waals surface area contributed by atoms with Gasteiger partial charge in [-0.15, -0.1) is 0 Å². The molecule has 1 heterocycles. The van der Waals surface area contributed by atoms with Crippen LogP contribution in [0.4, 0.5) is 0 Å². The van der Waals surface area contributed by atoms with Crippen molar-refractivity contribution in [3.63, 3.8) is 0 Å². The van der Waals surface area contributed by atoms with E-state index in [4.69, 9.17) is 32.9 Å². The maximum absolute atomic E-state index is 13.7. The molecule has 37 heavy (non-hydrogen) atoms. The van der Waals surface area contributed by atoms with Crippen LogP contribution in [0.25, 0.3) is 11.0 Å². The quantitative estimate of drug-likeness (QED) is 0.413. The molecule has 1 fully saturated rings. The molecule has 1 aliphatic carbocycles. The molecule has 0 spiro atoms. The van der Waals surface area contributed by atoms with E-state index in [1.54, 1.807) is 38.3 Å². The van der Waals surface area contributed by atoms with Crippen LogP contribution < -0.4 is 15.6 Å².